The van der Waals surface area contributed by atoms with E-state index < -0.39 is 0 Å². The third-order valence-electron chi connectivity index (χ3n) is 2.32. The number of nitrogens with one attached hydrogen (secondary N) is 1. The minimum atomic E-state index is -0.202. The molecule has 0 amide bonds. The molecular formula is C12H13FN2. The highest BCUT2D eigenvalue weighted by atomic mass is 19.1. The lowest BCUT2D eigenvalue weighted by Crippen LogP contribution is -2.16. The van der Waals surface area contributed by atoms with Gasteiger partial charge in [-0.05, 0) is 36.8 Å². The van der Waals surface area contributed by atoms with E-state index in [4.69, 9.17) is 0 Å². The second kappa shape index (κ2) is 4.17. The number of aromatic nitrogens is 1. The van der Waals surface area contributed by atoms with Crippen LogP contribution in [0.2, 0.25) is 0 Å². The number of rotatable bonds is 3. The Morgan fingerprint density at radius 2 is 1.73 bits per heavy atom. The molecule has 3 heteroatoms. The summed E-state index contributed by atoms with van der Waals surface area (Å²) in [6, 6.07) is 10.6. The van der Waals surface area contributed by atoms with E-state index in [2.05, 4.69) is 5.43 Å². The van der Waals surface area contributed by atoms with Gasteiger partial charge in [0.15, 0.2) is 0 Å². The zero-order valence-electron chi connectivity index (χ0n) is 8.52. The molecular weight excluding hydrogens is 191 g/mol. The lowest BCUT2D eigenvalue weighted by molar-refractivity contribution is 0.625. The fraction of sp³-hybridized carbons (Fsp3) is 0.167. The Bertz CT molecular complexity index is 406. The van der Waals surface area contributed by atoms with Crippen LogP contribution in [-0.2, 0) is 0 Å². The lowest BCUT2D eigenvalue weighted by atomic mass is 10.1. The van der Waals surface area contributed by atoms with E-state index in [0.29, 0.717) is 0 Å². The van der Waals surface area contributed by atoms with Gasteiger partial charge >= 0.3 is 0 Å². The van der Waals surface area contributed by atoms with Crippen molar-refractivity contribution in [1.82, 2.24) is 4.68 Å². The zero-order valence-corrected chi connectivity index (χ0v) is 8.52. The van der Waals surface area contributed by atoms with Crippen LogP contribution in [0.25, 0.3) is 0 Å². The number of halogens is 1. The average molecular weight is 204 g/mol. The van der Waals surface area contributed by atoms with Crippen LogP contribution in [0.3, 0.4) is 0 Å². The Kier molecular flexibility index (Phi) is 2.72. The second-order valence-electron chi connectivity index (χ2n) is 3.49. The molecule has 0 saturated carbocycles. The molecule has 0 bridgehead atoms. The van der Waals surface area contributed by atoms with Gasteiger partial charge in [0.05, 0.1) is 6.04 Å². The molecule has 0 fully saturated rings. The van der Waals surface area contributed by atoms with Gasteiger partial charge in [-0.2, -0.15) is 0 Å². The molecule has 1 unspecified atom stereocenters. The number of hydrogen-bond donors (Lipinski definition) is 1. The molecule has 2 rings (SSSR count). The standard InChI is InChI=1S/C12H13FN2/c1-10(14-15-8-2-3-9-15)11-4-6-12(13)7-5-11/h2-10,14H,1H3. The van der Waals surface area contributed by atoms with Gasteiger partial charge in [0.2, 0.25) is 0 Å². The molecule has 0 aliphatic heterocycles. The van der Waals surface area contributed by atoms with E-state index in [9.17, 15) is 4.39 Å². The molecule has 1 N–H and O–H groups in total. The second-order valence-corrected chi connectivity index (χ2v) is 3.49. The van der Waals surface area contributed by atoms with Crippen molar-refractivity contribution >= 4 is 0 Å². The Morgan fingerprint density at radius 1 is 1.13 bits per heavy atom. The summed E-state index contributed by atoms with van der Waals surface area (Å²) in [6.07, 6.45) is 3.86. The molecule has 2 aromatic rings. The van der Waals surface area contributed by atoms with Crippen molar-refractivity contribution in [1.29, 1.82) is 0 Å². The Balaban J connectivity index is 2.08. The minimum Gasteiger partial charge on any atom is -0.319 e. The van der Waals surface area contributed by atoms with Gasteiger partial charge < -0.3 is 5.43 Å². The highest BCUT2D eigenvalue weighted by molar-refractivity contribution is 5.21. The first-order valence-corrected chi connectivity index (χ1v) is 4.91. The molecule has 1 aromatic carbocycles. The van der Waals surface area contributed by atoms with E-state index >= 15 is 0 Å². The number of benzene rings is 1. The predicted octanol–water partition coefficient (Wildman–Crippen LogP) is 2.93. The summed E-state index contributed by atoms with van der Waals surface area (Å²) in [5.41, 5.74) is 4.31. The van der Waals surface area contributed by atoms with E-state index in [1.807, 2.05) is 36.1 Å². The average Bonchev–Trinajstić information content (AvgIpc) is 2.71. The SMILES string of the molecule is CC(Nn1cccc1)c1ccc(F)cc1. The largest absolute Gasteiger partial charge is 0.319 e. The first-order valence-electron chi connectivity index (χ1n) is 4.91. The maximum absolute atomic E-state index is 12.7. The van der Waals surface area contributed by atoms with Crippen LogP contribution in [0.1, 0.15) is 18.5 Å². The highest BCUT2D eigenvalue weighted by Gasteiger charge is 2.03. The van der Waals surface area contributed by atoms with Crippen molar-refractivity contribution in [2.24, 2.45) is 0 Å². The van der Waals surface area contributed by atoms with Crippen molar-refractivity contribution in [2.75, 3.05) is 5.43 Å². The van der Waals surface area contributed by atoms with Gasteiger partial charge in [-0.25, -0.2) is 4.39 Å². The van der Waals surface area contributed by atoms with Crippen LogP contribution < -0.4 is 5.43 Å². The first kappa shape index (κ1) is 9.77. The van der Waals surface area contributed by atoms with Gasteiger partial charge in [-0.15, -0.1) is 0 Å². The van der Waals surface area contributed by atoms with Crippen molar-refractivity contribution in [3.05, 3.63) is 60.2 Å². The van der Waals surface area contributed by atoms with Gasteiger partial charge in [0.25, 0.3) is 0 Å². The predicted molar refractivity (Wildman–Crippen MR) is 58.6 cm³/mol. The molecule has 1 aromatic heterocycles. The van der Waals surface area contributed by atoms with Gasteiger partial charge in [0.1, 0.15) is 5.82 Å². The highest BCUT2D eigenvalue weighted by Crippen LogP contribution is 2.13. The molecule has 78 valence electrons. The molecule has 1 atom stereocenters. The van der Waals surface area contributed by atoms with Crippen molar-refractivity contribution in [2.45, 2.75) is 13.0 Å². The summed E-state index contributed by atoms with van der Waals surface area (Å²) in [5, 5.41) is 0. The number of hydrogen-bond acceptors (Lipinski definition) is 1. The fourth-order valence-electron chi connectivity index (χ4n) is 1.47. The van der Waals surface area contributed by atoms with Crippen LogP contribution in [0.4, 0.5) is 4.39 Å². The van der Waals surface area contributed by atoms with Crippen molar-refractivity contribution in [3.8, 4) is 0 Å². The van der Waals surface area contributed by atoms with Crippen LogP contribution in [0.15, 0.2) is 48.8 Å². The molecule has 0 radical (unpaired) electrons. The van der Waals surface area contributed by atoms with Crippen molar-refractivity contribution < 1.29 is 4.39 Å². The van der Waals surface area contributed by atoms with Crippen LogP contribution in [0.5, 0.6) is 0 Å². The fourth-order valence-corrected chi connectivity index (χ4v) is 1.47. The summed E-state index contributed by atoms with van der Waals surface area (Å²) < 4.78 is 14.6. The van der Waals surface area contributed by atoms with Gasteiger partial charge in [-0.1, -0.05) is 12.1 Å². The maximum atomic E-state index is 12.7. The molecule has 0 saturated heterocycles. The van der Waals surface area contributed by atoms with Crippen molar-refractivity contribution in [3.63, 3.8) is 0 Å². The molecule has 0 spiro atoms. The molecule has 1 heterocycles. The van der Waals surface area contributed by atoms with E-state index in [1.54, 1.807) is 12.1 Å². The summed E-state index contributed by atoms with van der Waals surface area (Å²) >= 11 is 0. The third-order valence-corrected chi connectivity index (χ3v) is 2.32. The molecule has 0 aliphatic carbocycles. The van der Waals surface area contributed by atoms with E-state index in [1.165, 1.54) is 12.1 Å². The normalized spacial score (nSPS) is 12.4. The van der Waals surface area contributed by atoms with E-state index in [-0.39, 0.29) is 11.9 Å². The zero-order chi connectivity index (χ0) is 10.7. The summed E-state index contributed by atoms with van der Waals surface area (Å²) in [6.45, 7) is 2.03. The monoisotopic (exact) mass is 204 g/mol. The molecule has 15 heavy (non-hydrogen) atoms. The van der Waals surface area contributed by atoms with Gasteiger partial charge in [-0.3, -0.25) is 4.68 Å². The van der Waals surface area contributed by atoms with Crippen LogP contribution in [-0.4, -0.2) is 4.68 Å². The Morgan fingerprint density at radius 3 is 2.33 bits per heavy atom. The first-order chi connectivity index (χ1) is 7.25. The smallest absolute Gasteiger partial charge is 0.123 e. The summed E-state index contributed by atoms with van der Waals surface area (Å²) in [5.74, 6) is -0.202. The third kappa shape index (κ3) is 2.37. The summed E-state index contributed by atoms with van der Waals surface area (Å²) in [4.78, 5) is 0. The lowest BCUT2D eigenvalue weighted by Gasteiger charge is -2.16. The van der Waals surface area contributed by atoms with Crippen LogP contribution >= 0.6 is 0 Å². The summed E-state index contributed by atoms with van der Waals surface area (Å²) in [7, 11) is 0. The Hall–Kier alpha value is -1.77. The molecule has 2 nitrogen and oxygen atoms in total. The quantitative estimate of drug-likeness (QED) is 0.813. The maximum Gasteiger partial charge on any atom is 0.123 e. The topological polar surface area (TPSA) is 17.0 Å². The number of nitrogens with zero attached hydrogens (tertiary/aromatic N) is 1. The van der Waals surface area contributed by atoms with Crippen LogP contribution in [0, 0.1) is 5.82 Å². The Labute approximate surface area is 88.3 Å². The minimum absolute atomic E-state index is 0.151. The molecule has 0 aliphatic rings. The van der Waals surface area contributed by atoms with E-state index in [0.717, 1.165) is 5.56 Å². The van der Waals surface area contributed by atoms with Gasteiger partial charge in [0, 0.05) is 12.4 Å².